The van der Waals surface area contributed by atoms with Crippen LogP contribution in [-0.2, 0) is 9.47 Å². The number of carbonyl (C=O) groups excluding carboxylic acids is 1. The summed E-state index contributed by atoms with van der Waals surface area (Å²) in [4.78, 5) is 20.9. The minimum absolute atomic E-state index is 0.0536. The number of thiazole rings is 1. The lowest BCUT2D eigenvalue weighted by atomic mass is 9.90. The molecule has 0 bridgehead atoms. The average molecular weight is 294 g/mol. The quantitative estimate of drug-likeness (QED) is 0.858. The van der Waals surface area contributed by atoms with Crippen molar-refractivity contribution in [2.75, 3.05) is 19.8 Å². The summed E-state index contributed by atoms with van der Waals surface area (Å²) in [5.74, 6) is 0.204. The molecule has 8 heteroatoms. The van der Waals surface area contributed by atoms with Crippen LogP contribution in [-0.4, -0.2) is 46.0 Å². The lowest BCUT2D eigenvalue weighted by Gasteiger charge is -2.37. The van der Waals surface area contributed by atoms with E-state index in [2.05, 4.69) is 20.2 Å². The molecule has 2 aromatic heterocycles. The molecule has 1 aliphatic heterocycles. The van der Waals surface area contributed by atoms with E-state index in [1.54, 1.807) is 6.92 Å². The summed E-state index contributed by atoms with van der Waals surface area (Å²) >= 11 is 1.25. The second kappa shape index (κ2) is 4.95. The highest BCUT2D eigenvalue weighted by Crippen LogP contribution is 2.29. The number of aryl methyl sites for hydroxylation is 1. The number of nitrogens with zero attached hydrogens (tertiary/aromatic N) is 3. The third-order valence-corrected chi connectivity index (χ3v) is 4.20. The van der Waals surface area contributed by atoms with Crippen molar-refractivity contribution < 1.29 is 14.3 Å². The molecule has 1 aliphatic rings. The molecule has 1 saturated heterocycles. The predicted molar refractivity (Wildman–Crippen MR) is 71.4 cm³/mol. The molecule has 7 nitrogen and oxygen atoms in total. The van der Waals surface area contributed by atoms with Crippen LogP contribution in [0.5, 0.6) is 0 Å². The summed E-state index contributed by atoms with van der Waals surface area (Å²) in [5.41, 5.74) is 0.587. The summed E-state index contributed by atoms with van der Waals surface area (Å²) in [6.07, 6.45) is 1.40. The number of aromatic nitrogens is 4. The van der Waals surface area contributed by atoms with E-state index in [4.69, 9.17) is 9.47 Å². The van der Waals surface area contributed by atoms with Gasteiger partial charge in [-0.3, -0.25) is 5.10 Å². The van der Waals surface area contributed by atoms with E-state index in [1.165, 1.54) is 17.7 Å². The molecule has 0 aliphatic carbocycles. The van der Waals surface area contributed by atoms with Crippen molar-refractivity contribution in [2.24, 2.45) is 5.41 Å². The normalized spacial score (nSPS) is 16.7. The molecule has 0 amide bonds. The van der Waals surface area contributed by atoms with Crippen LogP contribution < -0.4 is 0 Å². The molecule has 3 heterocycles. The molecule has 1 fully saturated rings. The Morgan fingerprint density at radius 1 is 1.60 bits per heavy atom. The third kappa shape index (κ3) is 2.44. The first kappa shape index (κ1) is 13.2. The number of nitrogens with one attached hydrogen (secondary N) is 1. The van der Waals surface area contributed by atoms with E-state index in [0.717, 1.165) is 0 Å². The molecule has 0 saturated carbocycles. The van der Waals surface area contributed by atoms with Gasteiger partial charge >= 0.3 is 5.97 Å². The van der Waals surface area contributed by atoms with Crippen LogP contribution in [0.1, 0.15) is 22.3 Å². The summed E-state index contributed by atoms with van der Waals surface area (Å²) in [6.45, 7) is 5.43. The zero-order valence-corrected chi connectivity index (χ0v) is 12.0. The van der Waals surface area contributed by atoms with E-state index >= 15 is 0 Å². The van der Waals surface area contributed by atoms with Gasteiger partial charge in [0.05, 0.1) is 18.9 Å². The Morgan fingerprint density at radius 3 is 3.00 bits per heavy atom. The van der Waals surface area contributed by atoms with Crippen LogP contribution in [0.2, 0.25) is 0 Å². The summed E-state index contributed by atoms with van der Waals surface area (Å²) in [5, 5.41) is 7.13. The number of carbonyl (C=O) groups is 1. The van der Waals surface area contributed by atoms with Gasteiger partial charge in [0.2, 0.25) is 0 Å². The molecule has 0 aromatic carbocycles. The van der Waals surface area contributed by atoms with Gasteiger partial charge in [-0.2, -0.15) is 5.10 Å². The van der Waals surface area contributed by atoms with E-state index in [-0.39, 0.29) is 11.4 Å². The Kier molecular flexibility index (Phi) is 3.27. The Bertz CT molecular complexity index is 619. The first-order valence-electron chi connectivity index (χ1n) is 6.15. The van der Waals surface area contributed by atoms with Crippen molar-refractivity contribution in [1.82, 2.24) is 20.2 Å². The van der Waals surface area contributed by atoms with Gasteiger partial charge in [0.1, 0.15) is 17.8 Å². The number of rotatable bonds is 4. The van der Waals surface area contributed by atoms with Crippen molar-refractivity contribution in [2.45, 2.75) is 13.8 Å². The smallest absolute Gasteiger partial charge is 0.350 e. The van der Waals surface area contributed by atoms with Crippen LogP contribution in [0.25, 0.3) is 10.8 Å². The fourth-order valence-corrected chi connectivity index (χ4v) is 2.74. The van der Waals surface area contributed by atoms with Crippen LogP contribution in [0.4, 0.5) is 0 Å². The molecule has 106 valence electrons. The number of hydrogen-bond acceptors (Lipinski definition) is 7. The molecule has 3 rings (SSSR count). The summed E-state index contributed by atoms with van der Waals surface area (Å²) in [7, 11) is 0. The SMILES string of the molecule is Cc1nc(-c2ncn[nH]2)sc1C(=O)OCC1(C)COC1. The third-order valence-electron chi connectivity index (χ3n) is 3.05. The summed E-state index contributed by atoms with van der Waals surface area (Å²) in [6, 6.07) is 0. The second-order valence-electron chi connectivity index (χ2n) is 5.15. The lowest BCUT2D eigenvalue weighted by molar-refractivity contribution is -0.127. The van der Waals surface area contributed by atoms with Gasteiger partial charge in [0, 0.05) is 5.41 Å². The maximum Gasteiger partial charge on any atom is 0.350 e. The van der Waals surface area contributed by atoms with Gasteiger partial charge in [-0.15, -0.1) is 11.3 Å². The van der Waals surface area contributed by atoms with Crippen molar-refractivity contribution in [3.05, 3.63) is 16.9 Å². The predicted octanol–water partition coefficient (Wildman–Crippen LogP) is 1.43. The molecular formula is C12H14N4O3S. The maximum absolute atomic E-state index is 12.1. The molecule has 0 radical (unpaired) electrons. The van der Waals surface area contributed by atoms with E-state index in [0.29, 0.717) is 41.2 Å². The molecule has 20 heavy (non-hydrogen) atoms. The van der Waals surface area contributed by atoms with Gasteiger partial charge in [0.25, 0.3) is 0 Å². The highest BCUT2D eigenvalue weighted by molar-refractivity contribution is 7.16. The highest BCUT2D eigenvalue weighted by atomic mass is 32.1. The Labute approximate surface area is 119 Å². The fraction of sp³-hybridized carbons (Fsp3) is 0.500. The second-order valence-corrected chi connectivity index (χ2v) is 6.15. The van der Waals surface area contributed by atoms with Crippen LogP contribution >= 0.6 is 11.3 Å². The Balaban J connectivity index is 1.71. The standard InChI is InChI=1S/C12H14N4O3S/c1-7-8(11(17)19-5-12(2)3-18-4-12)20-10(15-7)9-13-6-14-16-9/h6H,3-5H2,1-2H3,(H,13,14,16). The van der Waals surface area contributed by atoms with Gasteiger partial charge in [-0.25, -0.2) is 14.8 Å². The number of esters is 1. The first-order chi connectivity index (χ1) is 9.57. The van der Waals surface area contributed by atoms with Crippen LogP contribution in [0, 0.1) is 12.3 Å². The molecule has 1 N–H and O–H groups in total. The van der Waals surface area contributed by atoms with Gasteiger partial charge in [0.15, 0.2) is 10.8 Å². The minimum Gasteiger partial charge on any atom is -0.461 e. The topological polar surface area (TPSA) is 90.0 Å². The Hall–Kier alpha value is -1.80. The molecule has 0 unspecified atom stereocenters. The van der Waals surface area contributed by atoms with Crippen LogP contribution in [0.3, 0.4) is 0 Å². The molecule has 0 spiro atoms. The van der Waals surface area contributed by atoms with Gasteiger partial charge in [-0.1, -0.05) is 6.92 Å². The number of hydrogen-bond donors (Lipinski definition) is 1. The lowest BCUT2D eigenvalue weighted by Crippen LogP contribution is -2.44. The molecular weight excluding hydrogens is 280 g/mol. The van der Waals surface area contributed by atoms with Crippen molar-refractivity contribution in [3.8, 4) is 10.8 Å². The van der Waals surface area contributed by atoms with Crippen molar-refractivity contribution in [3.63, 3.8) is 0 Å². The van der Waals surface area contributed by atoms with Gasteiger partial charge < -0.3 is 9.47 Å². The van der Waals surface area contributed by atoms with Crippen molar-refractivity contribution >= 4 is 17.3 Å². The fourth-order valence-electron chi connectivity index (χ4n) is 1.83. The first-order valence-corrected chi connectivity index (χ1v) is 6.97. The number of H-pyrrole nitrogens is 1. The zero-order chi connectivity index (χ0) is 14.2. The van der Waals surface area contributed by atoms with E-state index < -0.39 is 0 Å². The minimum atomic E-state index is -0.348. The maximum atomic E-state index is 12.1. The van der Waals surface area contributed by atoms with Crippen LogP contribution in [0.15, 0.2) is 6.33 Å². The number of aromatic amines is 1. The highest BCUT2D eigenvalue weighted by Gasteiger charge is 2.35. The zero-order valence-electron chi connectivity index (χ0n) is 11.2. The van der Waals surface area contributed by atoms with Gasteiger partial charge in [-0.05, 0) is 6.92 Å². The Morgan fingerprint density at radius 2 is 2.40 bits per heavy atom. The summed E-state index contributed by atoms with van der Waals surface area (Å²) < 4.78 is 10.5. The molecule has 0 atom stereocenters. The largest absolute Gasteiger partial charge is 0.461 e. The van der Waals surface area contributed by atoms with E-state index in [9.17, 15) is 4.79 Å². The monoisotopic (exact) mass is 294 g/mol. The number of ether oxygens (including phenoxy) is 2. The van der Waals surface area contributed by atoms with Crippen molar-refractivity contribution in [1.29, 1.82) is 0 Å². The molecule has 2 aromatic rings. The van der Waals surface area contributed by atoms with E-state index in [1.807, 2.05) is 6.92 Å². The average Bonchev–Trinajstić information content (AvgIpc) is 3.02.